The Balaban J connectivity index is 2.56. The van der Waals surface area contributed by atoms with Gasteiger partial charge in [0.2, 0.25) is 0 Å². The van der Waals surface area contributed by atoms with Crippen LogP contribution in [0.15, 0.2) is 18.2 Å². The number of nitrogens with one attached hydrogen (secondary N) is 1. The maximum Gasteiger partial charge on any atom is 0.123 e. The Morgan fingerprint density at radius 3 is 3.00 bits per heavy atom. The molecule has 0 bridgehead atoms. The van der Waals surface area contributed by atoms with Crippen LogP contribution in [0.2, 0.25) is 5.02 Å². The van der Waals surface area contributed by atoms with E-state index in [4.69, 9.17) is 21.6 Å². The fraction of sp³-hybridized carbons (Fsp3) is 0.500. The van der Waals surface area contributed by atoms with Crippen LogP contribution >= 0.6 is 11.6 Å². The zero-order valence-corrected chi connectivity index (χ0v) is 11.5. The SMILES string of the molecule is CCCNCc1cc(Cl)ccc1OCCCC#N. The highest BCUT2D eigenvalue weighted by Gasteiger charge is 2.04. The largest absolute Gasteiger partial charge is 0.493 e. The lowest BCUT2D eigenvalue weighted by molar-refractivity contribution is 0.308. The third kappa shape index (κ3) is 5.39. The summed E-state index contributed by atoms with van der Waals surface area (Å²) in [5.41, 5.74) is 1.06. The first-order valence-electron chi connectivity index (χ1n) is 6.26. The van der Waals surface area contributed by atoms with Crippen LogP contribution in [0.4, 0.5) is 0 Å². The predicted octanol–water partition coefficient (Wildman–Crippen LogP) is 3.52. The van der Waals surface area contributed by atoms with Gasteiger partial charge in [-0.3, -0.25) is 0 Å². The summed E-state index contributed by atoms with van der Waals surface area (Å²) in [4.78, 5) is 0. The van der Waals surface area contributed by atoms with Gasteiger partial charge >= 0.3 is 0 Å². The molecule has 0 spiro atoms. The average Bonchev–Trinajstić information content (AvgIpc) is 2.37. The predicted molar refractivity (Wildman–Crippen MR) is 73.8 cm³/mol. The summed E-state index contributed by atoms with van der Waals surface area (Å²) in [6.45, 7) is 4.42. The summed E-state index contributed by atoms with van der Waals surface area (Å²) in [6, 6.07) is 7.74. The van der Waals surface area contributed by atoms with Crippen molar-refractivity contribution in [1.29, 1.82) is 5.26 Å². The molecular formula is C14H19ClN2O. The first kappa shape index (κ1) is 14.8. The molecule has 0 amide bonds. The second-order valence-electron chi connectivity index (χ2n) is 4.04. The van der Waals surface area contributed by atoms with Crippen LogP contribution in [0, 0.1) is 11.3 Å². The molecule has 0 saturated heterocycles. The maximum atomic E-state index is 8.46. The van der Waals surface area contributed by atoms with E-state index in [9.17, 15) is 0 Å². The van der Waals surface area contributed by atoms with Crippen LogP contribution in [-0.4, -0.2) is 13.2 Å². The van der Waals surface area contributed by atoms with E-state index in [1.54, 1.807) is 0 Å². The van der Waals surface area contributed by atoms with Crippen LogP contribution < -0.4 is 10.1 Å². The molecule has 0 unspecified atom stereocenters. The molecule has 3 nitrogen and oxygen atoms in total. The third-order valence-electron chi connectivity index (χ3n) is 2.46. The minimum Gasteiger partial charge on any atom is -0.493 e. The molecule has 0 aliphatic carbocycles. The second kappa shape index (κ2) is 8.79. The van der Waals surface area contributed by atoms with Gasteiger partial charge in [-0.15, -0.1) is 0 Å². The van der Waals surface area contributed by atoms with Crippen molar-refractivity contribution in [2.75, 3.05) is 13.2 Å². The molecule has 0 fully saturated rings. The highest BCUT2D eigenvalue weighted by atomic mass is 35.5. The molecule has 0 saturated carbocycles. The number of hydrogen-bond donors (Lipinski definition) is 1. The lowest BCUT2D eigenvalue weighted by atomic mass is 10.2. The molecule has 0 aliphatic heterocycles. The summed E-state index contributed by atoms with van der Waals surface area (Å²) in [5, 5.41) is 12.5. The first-order chi connectivity index (χ1) is 8.77. The zero-order chi connectivity index (χ0) is 13.2. The third-order valence-corrected chi connectivity index (χ3v) is 2.69. The maximum absolute atomic E-state index is 8.46. The average molecular weight is 267 g/mol. The Labute approximate surface area is 114 Å². The molecule has 1 N–H and O–H groups in total. The standard InChI is InChI=1S/C14H19ClN2O/c1-2-8-17-11-12-10-13(15)5-6-14(12)18-9-4-3-7-16/h5-6,10,17H,2-4,8-9,11H2,1H3. The van der Waals surface area contributed by atoms with E-state index in [1.807, 2.05) is 18.2 Å². The van der Waals surface area contributed by atoms with Gasteiger partial charge in [0.15, 0.2) is 0 Å². The van der Waals surface area contributed by atoms with Crippen LogP contribution in [0.25, 0.3) is 0 Å². The normalized spacial score (nSPS) is 10.1. The fourth-order valence-electron chi connectivity index (χ4n) is 1.56. The number of rotatable bonds is 8. The van der Waals surface area contributed by atoms with Crippen molar-refractivity contribution in [3.05, 3.63) is 28.8 Å². The number of hydrogen-bond acceptors (Lipinski definition) is 3. The van der Waals surface area contributed by atoms with E-state index >= 15 is 0 Å². The molecule has 0 radical (unpaired) electrons. The summed E-state index contributed by atoms with van der Waals surface area (Å²) in [5.74, 6) is 0.848. The molecule has 1 aromatic rings. The Kier molecular flexibility index (Phi) is 7.24. The quantitative estimate of drug-likeness (QED) is 0.732. The summed E-state index contributed by atoms with van der Waals surface area (Å²) >= 11 is 5.99. The van der Waals surface area contributed by atoms with Crippen molar-refractivity contribution in [2.45, 2.75) is 32.7 Å². The smallest absolute Gasteiger partial charge is 0.123 e. The topological polar surface area (TPSA) is 45.0 Å². The fourth-order valence-corrected chi connectivity index (χ4v) is 1.75. The minimum atomic E-state index is 0.525. The minimum absolute atomic E-state index is 0.525. The molecular weight excluding hydrogens is 248 g/mol. The number of unbranched alkanes of at least 4 members (excludes halogenated alkanes) is 1. The van der Waals surface area contributed by atoms with Gasteiger partial charge < -0.3 is 10.1 Å². The number of ether oxygens (including phenoxy) is 1. The zero-order valence-electron chi connectivity index (χ0n) is 10.7. The second-order valence-corrected chi connectivity index (χ2v) is 4.48. The Bertz CT molecular complexity index is 401. The van der Waals surface area contributed by atoms with Gasteiger partial charge in [0.25, 0.3) is 0 Å². The highest BCUT2D eigenvalue weighted by molar-refractivity contribution is 6.30. The monoisotopic (exact) mass is 266 g/mol. The van der Waals surface area contributed by atoms with Gasteiger partial charge in [0.05, 0.1) is 12.7 Å². The van der Waals surface area contributed by atoms with Crippen LogP contribution in [0.3, 0.4) is 0 Å². The van der Waals surface area contributed by atoms with E-state index in [-0.39, 0.29) is 0 Å². The van der Waals surface area contributed by atoms with Gasteiger partial charge in [-0.2, -0.15) is 5.26 Å². The lowest BCUT2D eigenvalue weighted by Gasteiger charge is -2.12. The number of benzene rings is 1. The molecule has 0 heterocycles. The molecule has 98 valence electrons. The van der Waals surface area contributed by atoms with E-state index in [2.05, 4.69) is 18.3 Å². The Morgan fingerprint density at radius 1 is 1.44 bits per heavy atom. The molecule has 18 heavy (non-hydrogen) atoms. The molecule has 0 aliphatic rings. The number of halogens is 1. The van der Waals surface area contributed by atoms with Gasteiger partial charge in [-0.25, -0.2) is 0 Å². The van der Waals surface area contributed by atoms with Crippen molar-refractivity contribution < 1.29 is 4.74 Å². The van der Waals surface area contributed by atoms with Crippen molar-refractivity contribution in [1.82, 2.24) is 5.32 Å². The van der Waals surface area contributed by atoms with Crippen molar-refractivity contribution in [2.24, 2.45) is 0 Å². The highest BCUT2D eigenvalue weighted by Crippen LogP contribution is 2.23. The van der Waals surface area contributed by atoms with E-state index in [1.165, 1.54) is 0 Å². The van der Waals surface area contributed by atoms with Crippen LogP contribution in [0.1, 0.15) is 31.7 Å². The Hall–Kier alpha value is -1.24. The van der Waals surface area contributed by atoms with Gasteiger partial charge in [-0.1, -0.05) is 18.5 Å². The van der Waals surface area contributed by atoms with Crippen LogP contribution in [0.5, 0.6) is 5.75 Å². The summed E-state index contributed by atoms with van der Waals surface area (Å²) in [7, 11) is 0. The van der Waals surface area contributed by atoms with Gasteiger partial charge in [0.1, 0.15) is 5.75 Å². The molecule has 1 rings (SSSR count). The summed E-state index contributed by atoms with van der Waals surface area (Å²) < 4.78 is 5.68. The summed E-state index contributed by atoms with van der Waals surface area (Å²) in [6.07, 6.45) is 2.37. The Morgan fingerprint density at radius 2 is 2.28 bits per heavy atom. The lowest BCUT2D eigenvalue weighted by Crippen LogP contribution is -2.14. The van der Waals surface area contributed by atoms with E-state index in [0.717, 1.165) is 37.2 Å². The van der Waals surface area contributed by atoms with Crippen molar-refractivity contribution >= 4 is 11.6 Å². The van der Waals surface area contributed by atoms with Gasteiger partial charge in [-0.05, 0) is 37.6 Å². The van der Waals surface area contributed by atoms with E-state index in [0.29, 0.717) is 18.1 Å². The molecule has 0 atom stereocenters. The van der Waals surface area contributed by atoms with Crippen molar-refractivity contribution in [3.63, 3.8) is 0 Å². The molecule has 1 aromatic carbocycles. The van der Waals surface area contributed by atoms with E-state index < -0.39 is 0 Å². The number of nitriles is 1. The number of nitrogens with zero attached hydrogens (tertiary/aromatic N) is 1. The van der Waals surface area contributed by atoms with Gasteiger partial charge in [0, 0.05) is 23.6 Å². The van der Waals surface area contributed by atoms with Crippen molar-refractivity contribution in [3.8, 4) is 11.8 Å². The first-order valence-corrected chi connectivity index (χ1v) is 6.64. The molecule has 0 aromatic heterocycles. The molecule has 4 heteroatoms. The van der Waals surface area contributed by atoms with Crippen LogP contribution in [-0.2, 0) is 6.54 Å².